The molecule has 0 fully saturated rings. The lowest BCUT2D eigenvalue weighted by Crippen LogP contribution is -2.24. The zero-order valence-corrected chi connectivity index (χ0v) is 16.9. The number of rotatable bonds is 18. The van der Waals surface area contributed by atoms with E-state index in [1.54, 1.807) is 0 Å². The van der Waals surface area contributed by atoms with Gasteiger partial charge in [0.05, 0.1) is 18.9 Å². The highest BCUT2D eigenvalue weighted by Crippen LogP contribution is 2.15. The van der Waals surface area contributed by atoms with Gasteiger partial charge >= 0.3 is 11.9 Å². The molecule has 0 amide bonds. The molecule has 0 heterocycles. The van der Waals surface area contributed by atoms with Crippen molar-refractivity contribution in [2.75, 3.05) is 0 Å². The van der Waals surface area contributed by atoms with E-state index < -0.39 is 24.1 Å². The Morgan fingerprint density at radius 1 is 0.769 bits per heavy atom. The molecule has 0 saturated carbocycles. The summed E-state index contributed by atoms with van der Waals surface area (Å²) >= 11 is 0. The van der Waals surface area contributed by atoms with Gasteiger partial charge in [-0.05, 0) is 19.3 Å². The molecule has 0 aliphatic rings. The second kappa shape index (κ2) is 17.3. The lowest BCUT2D eigenvalue weighted by molar-refractivity contribution is -0.155. The molecule has 0 aromatic carbocycles. The Kier molecular flexibility index (Phi) is 16.6. The number of hydrogen-bond acceptors (Lipinski definition) is 4. The van der Waals surface area contributed by atoms with Gasteiger partial charge in [-0.2, -0.15) is 0 Å². The first-order chi connectivity index (χ1) is 12.5. The third-order valence-corrected chi connectivity index (χ3v) is 4.62. The topological polar surface area (TPSA) is 83.8 Å². The summed E-state index contributed by atoms with van der Waals surface area (Å²) in [7, 11) is 0. The standard InChI is InChI=1S/C21H40O5/c1-3-5-7-9-11-13-15-19(17-20(23)24)26-21(25)16-18(22)14-12-10-8-6-4-2/h18-19,22H,3-17H2,1-2H3,(H,23,24). The molecular weight excluding hydrogens is 332 g/mol. The molecular formula is C21H40O5. The molecule has 0 aromatic heterocycles. The average molecular weight is 373 g/mol. The predicted octanol–water partition coefficient (Wildman–Crippen LogP) is 5.24. The predicted molar refractivity (Wildman–Crippen MR) is 104 cm³/mol. The molecule has 5 nitrogen and oxygen atoms in total. The molecule has 0 aliphatic heterocycles. The van der Waals surface area contributed by atoms with Crippen LogP contribution in [0.2, 0.25) is 0 Å². The van der Waals surface area contributed by atoms with Crippen molar-refractivity contribution in [3.8, 4) is 0 Å². The van der Waals surface area contributed by atoms with Crippen molar-refractivity contribution < 1.29 is 24.5 Å². The minimum absolute atomic E-state index is 0.0413. The molecule has 0 saturated heterocycles. The summed E-state index contributed by atoms with van der Waals surface area (Å²) in [5.41, 5.74) is 0. The van der Waals surface area contributed by atoms with Crippen LogP contribution < -0.4 is 0 Å². The summed E-state index contributed by atoms with van der Waals surface area (Å²) in [6.07, 6.45) is 11.9. The van der Waals surface area contributed by atoms with Crippen molar-refractivity contribution in [3.05, 3.63) is 0 Å². The van der Waals surface area contributed by atoms with E-state index in [4.69, 9.17) is 9.84 Å². The summed E-state index contributed by atoms with van der Waals surface area (Å²) in [5, 5.41) is 18.9. The van der Waals surface area contributed by atoms with Crippen LogP contribution in [0.1, 0.15) is 110 Å². The van der Waals surface area contributed by atoms with Crippen LogP contribution in [0, 0.1) is 0 Å². The van der Waals surface area contributed by atoms with Crippen LogP contribution in [0.15, 0.2) is 0 Å². The number of unbranched alkanes of at least 4 members (excludes halogenated alkanes) is 9. The fourth-order valence-corrected chi connectivity index (χ4v) is 3.06. The Hall–Kier alpha value is -1.10. The maximum absolute atomic E-state index is 12.0. The first-order valence-electron chi connectivity index (χ1n) is 10.6. The van der Waals surface area contributed by atoms with E-state index in [0.717, 1.165) is 38.5 Å². The van der Waals surface area contributed by atoms with Gasteiger partial charge in [0, 0.05) is 0 Å². The lowest BCUT2D eigenvalue weighted by Gasteiger charge is -2.17. The molecule has 2 N–H and O–H groups in total. The molecule has 154 valence electrons. The Morgan fingerprint density at radius 2 is 1.27 bits per heavy atom. The summed E-state index contributed by atoms with van der Waals surface area (Å²) in [6, 6.07) is 0. The molecule has 0 rings (SSSR count). The van der Waals surface area contributed by atoms with E-state index in [-0.39, 0.29) is 12.8 Å². The van der Waals surface area contributed by atoms with Crippen molar-refractivity contribution in [2.45, 2.75) is 122 Å². The highest BCUT2D eigenvalue weighted by Gasteiger charge is 2.20. The number of aliphatic hydroxyl groups is 1. The normalized spacial score (nSPS) is 13.3. The van der Waals surface area contributed by atoms with Crippen LogP contribution in [0.3, 0.4) is 0 Å². The van der Waals surface area contributed by atoms with Gasteiger partial charge in [-0.1, -0.05) is 78.1 Å². The Bertz CT molecular complexity index is 356. The zero-order chi connectivity index (χ0) is 19.6. The van der Waals surface area contributed by atoms with Crippen LogP contribution in [0.5, 0.6) is 0 Å². The second-order valence-electron chi connectivity index (χ2n) is 7.33. The number of aliphatic carboxylic acids is 1. The molecule has 2 atom stereocenters. The molecule has 0 aliphatic carbocycles. The highest BCUT2D eigenvalue weighted by molar-refractivity contribution is 5.71. The van der Waals surface area contributed by atoms with Crippen molar-refractivity contribution >= 4 is 11.9 Å². The minimum atomic E-state index is -0.953. The maximum Gasteiger partial charge on any atom is 0.308 e. The van der Waals surface area contributed by atoms with Crippen LogP contribution in [-0.4, -0.2) is 34.4 Å². The van der Waals surface area contributed by atoms with E-state index in [0.29, 0.717) is 12.8 Å². The maximum atomic E-state index is 12.0. The van der Waals surface area contributed by atoms with Gasteiger partial charge in [0.2, 0.25) is 0 Å². The number of hydrogen-bond donors (Lipinski definition) is 2. The Morgan fingerprint density at radius 3 is 1.81 bits per heavy atom. The minimum Gasteiger partial charge on any atom is -0.481 e. The first-order valence-corrected chi connectivity index (χ1v) is 10.6. The molecule has 0 radical (unpaired) electrons. The summed E-state index contributed by atoms with van der Waals surface area (Å²) < 4.78 is 5.32. The van der Waals surface area contributed by atoms with E-state index >= 15 is 0 Å². The number of aliphatic hydroxyl groups excluding tert-OH is 1. The van der Waals surface area contributed by atoms with Crippen LogP contribution in [0.4, 0.5) is 0 Å². The molecule has 26 heavy (non-hydrogen) atoms. The molecule has 5 heteroatoms. The number of carbonyl (C=O) groups is 2. The SMILES string of the molecule is CCCCCCCCC(CC(=O)O)OC(=O)CC(O)CCCCCCC. The van der Waals surface area contributed by atoms with Gasteiger partial charge in [-0.15, -0.1) is 0 Å². The van der Waals surface area contributed by atoms with Gasteiger partial charge in [0.25, 0.3) is 0 Å². The van der Waals surface area contributed by atoms with Crippen LogP contribution >= 0.6 is 0 Å². The van der Waals surface area contributed by atoms with Crippen molar-refractivity contribution in [1.82, 2.24) is 0 Å². The summed E-state index contributed by atoms with van der Waals surface area (Å²) in [5.74, 6) is -1.44. The zero-order valence-electron chi connectivity index (χ0n) is 16.9. The number of esters is 1. The quantitative estimate of drug-likeness (QED) is 0.254. The van der Waals surface area contributed by atoms with E-state index in [1.165, 1.54) is 32.1 Å². The Labute approximate surface area is 159 Å². The lowest BCUT2D eigenvalue weighted by atomic mass is 10.0. The third kappa shape index (κ3) is 16.4. The van der Waals surface area contributed by atoms with Crippen LogP contribution in [0.25, 0.3) is 0 Å². The number of carboxylic acid groups (broad SMARTS) is 1. The monoisotopic (exact) mass is 372 g/mol. The largest absolute Gasteiger partial charge is 0.481 e. The van der Waals surface area contributed by atoms with Crippen molar-refractivity contribution in [1.29, 1.82) is 0 Å². The smallest absolute Gasteiger partial charge is 0.308 e. The molecule has 0 spiro atoms. The van der Waals surface area contributed by atoms with Gasteiger partial charge in [-0.25, -0.2) is 0 Å². The van der Waals surface area contributed by atoms with Crippen molar-refractivity contribution in [3.63, 3.8) is 0 Å². The molecule has 0 aromatic rings. The van der Waals surface area contributed by atoms with Gasteiger partial charge in [0.15, 0.2) is 0 Å². The molecule has 0 bridgehead atoms. The number of carboxylic acids is 1. The van der Waals surface area contributed by atoms with Gasteiger partial charge in [0.1, 0.15) is 6.10 Å². The van der Waals surface area contributed by atoms with Gasteiger partial charge in [-0.3, -0.25) is 9.59 Å². The van der Waals surface area contributed by atoms with Crippen molar-refractivity contribution in [2.24, 2.45) is 0 Å². The van der Waals surface area contributed by atoms with E-state index in [9.17, 15) is 14.7 Å². The fourth-order valence-electron chi connectivity index (χ4n) is 3.06. The average Bonchev–Trinajstić information content (AvgIpc) is 2.57. The van der Waals surface area contributed by atoms with E-state index in [2.05, 4.69) is 13.8 Å². The summed E-state index contributed by atoms with van der Waals surface area (Å²) in [6.45, 7) is 4.32. The first kappa shape index (κ1) is 24.9. The second-order valence-corrected chi connectivity index (χ2v) is 7.33. The number of ether oxygens (including phenoxy) is 1. The Balaban J connectivity index is 4.02. The number of carbonyl (C=O) groups excluding carboxylic acids is 1. The fraction of sp³-hybridized carbons (Fsp3) is 0.905. The molecule has 2 unspecified atom stereocenters. The summed E-state index contributed by atoms with van der Waals surface area (Å²) in [4.78, 5) is 23.0. The third-order valence-electron chi connectivity index (χ3n) is 4.62. The van der Waals surface area contributed by atoms with Crippen LogP contribution in [-0.2, 0) is 14.3 Å². The highest BCUT2D eigenvalue weighted by atomic mass is 16.5. The van der Waals surface area contributed by atoms with Gasteiger partial charge < -0.3 is 14.9 Å². The van der Waals surface area contributed by atoms with E-state index in [1.807, 2.05) is 0 Å².